The molecule has 1 heterocycles. The molecule has 88 valence electrons. The number of rotatable bonds is 2. The topological polar surface area (TPSA) is 53.3 Å². The van der Waals surface area contributed by atoms with E-state index < -0.39 is 6.09 Å². The second-order valence-electron chi connectivity index (χ2n) is 4.02. The lowest BCUT2D eigenvalue weighted by Gasteiger charge is -2.18. The number of nitrogens with zero attached hydrogens (tertiary/aromatic N) is 2. The molecule has 1 aromatic rings. The van der Waals surface area contributed by atoms with Crippen molar-refractivity contribution in [3.63, 3.8) is 0 Å². The van der Waals surface area contributed by atoms with E-state index in [1.54, 1.807) is 0 Å². The summed E-state index contributed by atoms with van der Waals surface area (Å²) < 4.78 is 5.18. The molecule has 0 unspecified atom stereocenters. The van der Waals surface area contributed by atoms with Crippen LogP contribution in [-0.2, 0) is 11.3 Å². The van der Waals surface area contributed by atoms with Crippen molar-refractivity contribution in [2.75, 3.05) is 6.54 Å². The van der Waals surface area contributed by atoms with Crippen molar-refractivity contribution >= 4 is 6.09 Å². The van der Waals surface area contributed by atoms with Crippen LogP contribution in [0.15, 0.2) is 30.3 Å². The molecule has 0 aromatic heterocycles. The number of ether oxygens (including phenoxy) is 1. The second-order valence-corrected chi connectivity index (χ2v) is 4.02. The van der Waals surface area contributed by atoms with Crippen LogP contribution in [0.2, 0.25) is 0 Å². The van der Waals surface area contributed by atoms with Crippen molar-refractivity contribution in [1.29, 1.82) is 5.26 Å². The molecule has 0 aliphatic carbocycles. The van der Waals surface area contributed by atoms with E-state index in [-0.39, 0.29) is 12.6 Å². The minimum atomic E-state index is -0.391. The monoisotopic (exact) mass is 230 g/mol. The third-order valence-corrected chi connectivity index (χ3v) is 2.84. The van der Waals surface area contributed by atoms with Gasteiger partial charge in [0.2, 0.25) is 0 Å². The van der Waals surface area contributed by atoms with Gasteiger partial charge in [-0.25, -0.2) is 4.79 Å². The first-order valence-electron chi connectivity index (χ1n) is 5.68. The van der Waals surface area contributed by atoms with Gasteiger partial charge in [-0.2, -0.15) is 5.26 Å². The number of hydrogen-bond donors (Lipinski definition) is 0. The molecule has 0 bridgehead atoms. The van der Waals surface area contributed by atoms with E-state index in [9.17, 15) is 4.79 Å². The molecule has 1 saturated heterocycles. The molecule has 0 radical (unpaired) electrons. The molecule has 1 aliphatic rings. The highest BCUT2D eigenvalue weighted by Gasteiger charge is 2.29. The van der Waals surface area contributed by atoms with Crippen LogP contribution in [-0.4, -0.2) is 23.6 Å². The number of amides is 1. The molecule has 2 rings (SSSR count). The summed E-state index contributed by atoms with van der Waals surface area (Å²) in [7, 11) is 0. The van der Waals surface area contributed by atoms with Crippen molar-refractivity contribution in [2.24, 2.45) is 0 Å². The van der Waals surface area contributed by atoms with Gasteiger partial charge in [0.1, 0.15) is 12.6 Å². The Kier molecular flexibility index (Phi) is 3.61. The number of likely N-dealkylation sites (tertiary alicyclic amines) is 1. The summed E-state index contributed by atoms with van der Waals surface area (Å²) in [6, 6.07) is 11.3. The Hall–Kier alpha value is -2.02. The van der Waals surface area contributed by atoms with Gasteiger partial charge in [-0.1, -0.05) is 30.3 Å². The number of carbonyl (C=O) groups excluding carboxylic acids is 1. The Morgan fingerprint density at radius 1 is 1.47 bits per heavy atom. The highest BCUT2D eigenvalue weighted by atomic mass is 16.6. The van der Waals surface area contributed by atoms with Gasteiger partial charge in [-0.05, 0) is 18.4 Å². The molecule has 1 amide bonds. The van der Waals surface area contributed by atoms with Crippen molar-refractivity contribution in [2.45, 2.75) is 25.5 Å². The number of benzene rings is 1. The molecule has 0 saturated carbocycles. The van der Waals surface area contributed by atoms with Gasteiger partial charge in [-0.3, -0.25) is 4.90 Å². The number of hydrogen-bond acceptors (Lipinski definition) is 3. The molecular formula is C13H14N2O2. The van der Waals surface area contributed by atoms with Crippen LogP contribution in [0, 0.1) is 11.3 Å². The molecule has 4 nitrogen and oxygen atoms in total. The largest absolute Gasteiger partial charge is 0.445 e. The van der Waals surface area contributed by atoms with Crippen molar-refractivity contribution < 1.29 is 9.53 Å². The molecule has 1 aliphatic heterocycles. The van der Waals surface area contributed by atoms with Crippen LogP contribution in [0.25, 0.3) is 0 Å². The summed E-state index contributed by atoms with van der Waals surface area (Å²) in [4.78, 5) is 13.2. The fraction of sp³-hybridized carbons (Fsp3) is 0.385. The van der Waals surface area contributed by atoms with Crippen LogP contribution in [0.5, 0.6) is 0 Å². The first kappa shape index (κ1) is 11.5. The van der Waals surface area contributed by atoms with Crippen molar-refractivity contribution in [3.05, 3.63) is 35.9 Å². The first-order valence-corrected chi connectivity index (χ1v) is 5.68. The maximum atomic E-state index is 11.7. The lowest BCUT2D eigenvalue weighted by Crippen LogP contribution is -2.34. The van der Waals surface area contributed by atoms with Crippen molar-refractivity contribution in [1.82, 2.24) is 4.90 Å². The molecule has 4 heteroatoms. The molecule has 0 N–H and O–H groups in total. The van der Waals surface area contributed by atoms with Gasteiger partial charge in [0.15, 0.2) is 0 Å². The van der Waals surface area contributed by atoms with Gasteiger partial charge in [-0.15, -0.1) is 0 Å². The summed E-state index contributed by atoms with van der Waals surface area (Å²) in [5.41, 5.74) is 0.952. The summed E-state index contributed by atoms with van der Waals surface area (Å²) >= 11 is 0. The Balaban J connectivity index is 1.88. The highest BCUT2D eigenvalue weighted by Crippen LogP contribution is 2.17. The average Bonchev–Trinajstić information content (AvgIpc) is 2.85. The van der Waals surface area contributed by atoms with Gasteiger partial charge in [0.05, 0.1) is 6.07 Å². The van der Waals surface area contributed by atoms with E-state index in [0.717, 1.165) is 18.4 Å². The zero-order chi connectivity index (χ0) is 12.1. The third-order valence-electron chi connectivity index (χ3n) is 2.84. The van der Waals surface area contributed by atoms with Gasteiger partial charge in [0, 0.05) is 6.54 Å². The minimum Gasteiger partial charge on any atom is -0.445 e. The number of nitriles is 1. The highest BCUT2D eigenvalue weighted by molar-refractivity contribution is 5.69. The van der Waals surface area contributed by atoms with Crippen LogP contribution >= 0.6 is 0 Å². The van der Waals surface area contributed by atoms with Crippen LogP contribution in [0.3, 0.4) is 0 Å². The maximum Gasteiger partial charge on any atom is 0.411 e. The maximum absolute atomic E-state index is 11.7. The van der Waals surface area contributed by atoms with Crippen LogP contribution < -0.4 is 0 Å². The molecule has 1 fully saturated rings. The van der Waals surface area contributed by atoms with Gasteiger partial charge in [0.25, 0.3) is 0 Å². The lowest BCUT2D eigenvalue weighted by molar-refractivity contribution is 0.0982. The Bertz CT molecular complexity index is 425. The lowest BCUT2D eigenvalue weighted by atomic mass is 10.2. The zero-order valence-electron chi connectivity index (χ0n) is 9.50. The normalized spacial score (nSPS) is 18.8. The summed E-state index contributed by atoms with van der Waals surface area (Å²) in [5.74, 6) is 0. The quantitative estimate of drug-likeness (QED) is 0.783. The molecule has 1 aromatic carbocycles. The molecule has 0 spiro atoms. The predicted octanol–water partition coefficient (Wildman–Crippen LogP) is 2.31. The Morgan fingerprint density at radius 2 is 2.24 bits per heavy atom. The van der Waals surface area contributed by atoms with Crippen LogP contribution in [0.1, 0.15) is 18.4 Å². The van der Waals surface area contributed by atoms with E-state index in [2.05, 4.69) is 6.07 Å². The predicted molar refractivity (Wildman–Crippen MR) is 62.0 cm³/mol. The Morgan fingerprint density at radius 3 is 2.94 bits per heavy atom. The summed E-state index contributed by atoms with van der Waals surface area (Å²) in [6.45, 7) is 0.875. The molecular weight excluding hydrogens is 216 g/mol. The van der Waals surface area contributed by atoms with Gasteiger partial charge >= 0.3 is 6.09 Å². The molecule has 17 heavy (non-hydrogen) atoms. The summed E-state index contributed by atoms with van der Waals surface area (Å²) in [6.07, 6.45) is 1.23. The van der Waals surface area contributed by atoms with E-state index in [0.29, 0.717) is 6.54 Å². The fourth-order valence-corrected chi connectivity index (χ4v) is 1.92. The zero-order valence-corrected chi connectivity index (χ0v) is 9.50. The summed E-state index contributed by atoms with van der Waals surface area (Å²) in [5, 5.41) is 8.87. The fourth-order valence-electron chi connectivity index (χ4n) is 1.92. The average molecular weight is 230 g/mol. The second kappa shape index (κ2) is 5.35. The van der Waals surface area contributed by atoms with E-state index in [1.165, 1.54) is 4.90 Å². The Labute approximate surface area is 100 Å². The minimum absolute atomic E-state index is 0.258. The third kappa shape index (κ3) is 2.76. The smallest absolute Gasteiger partial charge is 0.411 e. The van der Waals surface area contributed by atoms with Crippen LogP contribution in [0.4, 0.5) is 4.79 Å². The van der Waals surface area contributed by atoms with Crippen molar-refractivity contribution in [3.8, 4) is 6.07 Å². The standard InChI is InChI=1S/C13H14N2O2/c14-9-12-7-4-8-15(12)13(16)17-10-11-5-2-1-3-6-11/h1-3,5-6,12H,4,7-8,10H2/t12-/m0/s1. The number of carbonyl (C=O) groups is 1. The van der Waals surface area contributed by atoms with E-state index in [1.807, 2.05) is 30.3 Å². The molecule has 1 atom stereocenters. The SMILES string of the molecule is N#C[C@@H]1CCCN1C(=O)OCc1ccccc1. The van der Waals surface area contributed by atoms with Gasteiger partial charge < -0.3 is 4.74 Å². The van der Waals surface area contributed by atoms with E-state index >= 15 is 0 Å². The van der Waals surface area contributed by atoms with E-state index in [4.69, 9.17) is 10.00 Å². The first-order chi connectivity index (χ1) is 8.31.